The molecule has 0 radical (unpaired) electrons. The van der Waals surface area contributed by atoms with Crippen molar-refractivity contribution < 1.29 is 14.3 Å². The number of carbonyl (C=O) groups excluding carboxylic acids is 1. The van der Waals surface area contributed by atoms with Gasteiger partial charge in [0.05, 0.1) is 18.9 Å². The van der Waals surface area contributed by atoms with Gasteiger partial charge in [-0.3, -0.25) is 4.79 Å². The van der Waals surface area contributed by atoms with Gasteiger partial charge in [-0.05, 0) is 61.1 Å². The van der Waals surface area contributed by atoms with E-state index in [1.165, 1.54) is 18.9 Å². The van der Waals surface area contributed by atoms with Crippen LogP contribution in [0.5, 0.6) is 11.5 Å². The van der Waals surface area contributed by atoms with Gasteiger partial charge in [-0.25, -0.2) is 0 Å². The summed E-state index contributed by atoms with van der Waals surface area (Å²) in [6.45, 7) is 3.57. The molecule has 27 heavy (non-hydrogen) atoms. The van der Waals surface area contributed by atoms with Crippen LogP contribution in [0.15, 0.2) is 54.6 Å². The van der Waals surface area contributed by atoms with Crippen molar-refractivity contribution in [1.82, 2.24) is 0 Å². The number of hydrogen-bond donors (Lipinski definition) is 1. The molecule has 1 aliphatic rings. The van der Waals surface area contributed by atoms with Crippen LogP contribution in [0, 0.1) is 5.92 Å². The normalized spacial score (nSPS) is 13.5. The van der Waals surface area contributed by atoms with Gasteiger partial charge in [-0.15, -0.1) is 0 Å². The van der Waals surface area contributed by atoms with Crippen molar-refractivity contribution in [3.63, 3.8) is 0 Å². The average molecular weight is 365 g/mol. The average Bonchev–Trinajstić information content (AvgIpc) is 3.52. The van der Waals surface area contributed by atoms with E-state index in [1.807, 2.05) is 48.5 Å². The summed E-state index contributed by atoms with van der Waals surface area (Å²) in [5.74, 6) is 2.13. The first kappa shape index (κ1) is 19.0. The number of nitrogens with one attached hydrogen (secondary N) is 1. The summed E-state index contributed by atoms with van der Waals surface area (Å²) >= 11 is 0. The summed E-state index contributed by atoms with van der Waals surface area (Å²) in [6.07, 6.45) is 7.94. The van der Waals surface area contributed by atoms with Crippen molar-refractivity contribution in [2.75, 3.05) is 18.5 Å². The molecule has 4 heteroatoms. The number of amides is 1. The van der Waals surface area contributed by atoms with E-state index in [2.05, 4.69) is 12.2 Å². The molecule has 1 fully saturated rings. The predicted octanol–water partition coefficient (Wildman–Crippen LogP) is 5.31. The van der Waals surface area contributed by atoms with Crippen LogP contribution in [0.1, 0.15) is 38.2 Å². The molecule has 0 heterocycles. The van der Waals surface area contributed by atoms with E-state index in [0.29, 0.717) is 18.0 Å². The Labute approximate surface area is 161 Å². The highest BCUT2D eigenvalue weighted by molar-refractivity contribution is 6.02. The van der Waals surface area contributed by atoms with Gasteiger partial charge in [-0.1, -0.05) is 37.6 Å². The maximum Gasteiger partial charge on any atom is 0.248 e. The number of carbonyl (C=O) groups is 1. The summed E-state index contributed by atoms with van der Waals surface area (Å²) in [7, 11) is 0. The standard InChI is InChI=1S/C23H27NO3/c1-2-3-16-26-22-7-5-4-6-21(22)24-23(25)15-12-18-10-13-20(14-11-18)27-17-19-8-9-19/h4-7,10-15,19H,2-3,8-9,16-17H2,1H3,(H,24,25)/b15-12+. The molecule has 2 aromatic rings. The van der Waals surface area contributed by atoms with Gasteiger partial charge in [-0.2, -0.15) is 0 Å². The first-order chi connectivity index (χ1) is 13.2. The van der Waals surface area contributed by atoms with E-state index in [4.69, 9.17) is 9.47 Å². The number of hydrogen-bond acceptors (Lipinski definition) is 3. The van der Waals surface area contributed by atoms with Crippen LogP contribution in [0.4, 0.5) is 5.69 Å². The highest BCUT2D eigenvalue weighted by Crippen LogP contribution is 2.29. The lowest BCUT2D eigenvalue weighted by atomic mass is 10.2. The maximum absolute atomic E-state index is 12.2. The smallest absolute Gasteiger partial charge is 0.248 e. The van der Waals surface area contributed by atoms with E-state index in [9.17, 15) is 4.79 Å². The second-order valence-corrected chi connectivity index (χ2v) is 6.84. The molecule has 3 rings (SSSR count). The second kappa shape index (κ2) is 9.81. The summed E-state index contributed by atoms with van der Waals surface area (Å²) in [6, 6.07) is 15.3. The van der Waals surface area contributed by atoms with E-state index >= 15 is 0 Å². The fraction of sp³-hybridized carbons (Fsp3) is 0.348. The highest BCUT2D eigenvalue weighted by atomic mass is 16.5. The van der Waals surface area contributed by atoms with E-state index in [0.717, 1.165) is 36.7 Å². The zero-order valence-electron chi connectivity index (χ0n) is 15.8. The fourth-order valence-corrected chi connectivity index (χ4v) is 2.54. The number of ether oxygens (including phenoxy) is 2. The van der Waals surface area contributed by atoms with Crippen LogP contribution in [-0.4, -0.2) is 19.1 Å². The molecule has 0 aliphatic heterocycles. The molecule has 0 aromatic heterocycles. The van der Waals surface area contributed by atoms with Gasteiger partial charge in [0.1, 0.15) is 11.5 Å². The fourth-order valence-electron chi connectivity index (χ4n) is 2.54. The third-order valence-corrected chi connectivity index (χ3v) is 4.39. The largest absolute Gasteiger partial charge is 0.493 e. The van der Waals surface area contributed by atoms with Gasteiger partial charge >= 0.3 is 0 Å². The molecule has 1 aliphatic carbocycles. The Balaban J connectivity index is 1.52. The first-order valence-corrected chi connectivity index (χ1v) is 9.68. The molecular formula is C23H27NO3. The van der Waals surface area contributed by atoms with Crippen molar-refractivity contribution in [1.29, 1.82) is 0 Å². The Morgan fingerprint density at radius 3 is 2.63 bits per heavy atom. The van der Waals surface area contributed by atoms with Gasteiger partial charge in [0.15, 0.2) is 0 Å². The van der Waals surface area contributed by atoms with E-state index < -0.39 is 0 Å². The van der Waals surface area contributed by atoms with Gasteiger partial charge in [0, 0.05) is 6.08 Å². The summed E-state index contributed by atoms with van der Waals surface area (Å²) in [5.41, 5.74) is 1.64. The molecule has 0 atom stereocenters. The van der Waals surface area contributed by atoms with Crippen LogP contribution in [0.2, 0.25) is 0 Å². The zero-order valence-corrected chi connectivity index (χ0v) is 15.8. The Morgan fingerprint density at radius 1 is 1.11 bits per heavy atom. The monoisotopic (exact) mass is 365 g/mol. The second-order valence-electron chi connectivity index (χ2n) is 6.84. The Bertz CT molecular complexity index is 763. The summed E-state index contributed by atoms with van der Waals surface area (Å²) in [4.78, 5) is 12.2. The van der Waals surface area contributed by atoms with Crippen molar-refractivity contribution in [3.05, 3.63) is 60.2 Å². The van der Waals surface area contributed by atoms with Crippen LogP contribution < -0.4 is 14.8 Å². The van der Waals surface area contributed by atoms with Crippen molar-refractivity contribution in [2.45, 2.75) is 32.6 Å². The molecule has 1 saturated carbocycles. The highest BCUT2D eigenvalue weighted by Gasteiger charge is 2.21. The van der Waals surface area contributed by atoms with Crippen LogP contribution >= 0.6 is 0 Å². The Hall–Kier alpha value is -2.75. The third kappa shape index (κ3) is 6.48. The van der Waals surface area contributed by atoms with Crippen molar-refractivity contribution >= 4 is 17.7 Å². The number of rotatable bonds is 10. The lowest BCUT2D eigenvalue weighted by molar-refractivity contribution is -0.111. The third-order valence-electron chi connectivity index (χ3n) is 4.39. The SMILES string of the molecule is CCCCOc1ccccc1NC(=O)/C=C/c1ccc(OCC2CC2)cc1. The van der Waals surface area contributed by atoms with E-state index in [1.54, 1.807) is 6.08 Å². The molecule has 0 bridgehead atoms. The number of unbranched alkanes of at least 4 members (excludes halogenated alkanes) is 1. The molecule has 0 spiro atoms. The number of anilines is 1. The van der Waals surface area contributed by atoms with Crippen LogP contribution in [-0.2, 0) is 4.79 Å². The minimum absolute atomic E-state index is 0.185. The lowest BCUT2D eigenvalue weighted by Gasteiger charge is -2.11. The van der Waals surface area contributed by atoms with Crippen molar-refractivity contribution in [3.8, 4) is 11.5 Å². The van der Waals surface area contributed by atoms with Gasteiger partial charge < -0.3 is 14.8 Å². The predicted molar refractivity (Wildman–Crippen MR) is 109 cm³/mol. The molecular weight excluding hydrogens is 338 g/mol. The molecule has 142 valence electrons. The Kier molecular flexibility index (Phi) is 6.91. The Morgan fingerprint density at radius 2 is 1.89 bits per heavy atom. The van der Waals surface area contributed by atoms with Crippen LogP contribution in [0.25, 0.3) is 6.08 Å². The molecule has 2 aromatic carbocycles. The lowest BCUT2D eigenvalue weighted by Crippen LogP contribution is -2.09. The maximum atomic E-state index is 12.2. The van der Waals surface area contributed by atoms with Gasteiger partial charge in [0.2, 0.25) is 5.91 Å². The van der Waals surface area contributed by atoms with Crippen molar-refractivity contribution in [2.24, 2.45) is 5.92 Å². The molecule has 0 saturated heterocycles. The van der Waals surface area contributed by atoms with Crippen LogP contribution in [0.3, 0.4) is 0 Å². The first-order valence-electron chi connectivity index (χ1n) is 9.68. The minimum atomic E-state index is -0.185. The van der Waals surface area contributed by atoms with E-state index in [-0.39, 0.29) is 5.91 Å². The topological polar surface area (TPSA) is 47.6 Å². The summed E-state index contributed by atoms with van der Waals surface area (Å²) < 4.78 is 11.5. The molecule has 1 amide bonds. The van der Waals surface area contributed by atoms with Gasteiger partial charge in [0.25, 0.3) is 0 Å². The molecule has 4 nitrogen and oxygen atoms in total. The number of para-hydroxylation sites is 2. The zero-order chi connectivity index (χ0) is 18.9. The number of benzene rings is 2. The summed E-state index contributed by atoms with van der Waals surface area (Å²) in [5, 5.41) is 2.88. The molecule has 0 unspecified atom stereocenters. The molecule has 1 N–H and O–H groups in total. The minimum Gasteiger partial charge on any atom is -0.493 e. The quantitative estimate of drug-likeness (QED) is 0.459.